The molecular formula is C33H49N5O8. The lowest BCUT2D eigenvalue weighted by molar-refractivity contribution is -0.0855. The number of benzene rings is 2. The molecule has 0 bridgehead atoms. The molecule has 0 saturated carbocycles. The molecule has 3 aliphatic rings. The molecule has 2 aromatic rings. The molecule has 1 aliphatic carbocycles. The van der Waals surface area contributed by atoms with E-state index in [1.54, 1.807) is 12.1 Å². The number of phenolic OH excluding ortho intramolecular Hbond substituents is 1. The largest absolute Gasteiger partial charge is 0.502 e. The van der Waals surface area contributed by atoms with Gasteiger partial charge in [0.1, 0.15) is 0 Å². The van der Waals surface area contributed by atoms with Crippen LogP contribution in [0, 0.1) is 11.8 Å². The third-order valence-corrected chi connectivity index (χ3v) is 9.29. The quantitative estimate of drug-likeness (QED) is 0.134. The molecule has 5 rings (SSSR count). The second-order valence-electron chi connectivity index (χ2n) is 12.0. The average Bonchev–Trinajstić information content (AvgIpc) is 3.69. The summed E-state index contributed by atoms with van der Waals surface area (Å²) in [4.78, 5) is 13.3. The van der Waals surface area contributed by atoms with Crippen LogP contribution in [0.1, 0.15) is 61.3 Å². The van der Waals surface area contributed by atoms with Crippen LogP contribution in [0.25, 0.3) is 0 Å². The summed E-state index contributed by atoms with van der Waals surface area (Å²) in [7, 11) is 2.95. The van der Waals surface area contributed by atoms with Crippen LogP contribution in [0.3, 0.4) is 0 Å². The molecule has 13 nitrogen and oxygen atoms in total. The van der Waals surface area contributed by atoms with Crippen molar-refractivity contribution in [2.45, 2.75) is 56.9 Å². The summed E-state index contributed by atoms with van der Waals surface area (Å²) in [5, 5.41) is 34.9. The fraction of sp³-hybridized carbons (Fsp3) is 0.606. The van der Waals surface area contributed by atoms with Crippen LogP contribution in [-0.2, 0) is 4.74 Å². The summed E-state index contributed by atoms with van der Waals surface area (Å²) in [5.74, 6) is 0.495. The lowest BCUT2D eigenvalue weighted by Crippen LogP contribution is -2.47. The highest BCUT2D eigenvalue weighted by molar-refractivity contribution is 5.75. The zero-order valence-corrected chi connectivity index (χ0v) is 27.0. The molecule has 46 heavy (non-hydrogen) atoms. The Morgan fingerprint density at radius 2 is 1.72 bits per heavy atom. The lowest BCUT2D eigenvalue weighted by atomic mass is 9.65. The first-order valence-corrected chi connectivity index (χ1v) is 16.3. The number of fused-ring (bicyclic) bond motifs is 3. The fourth-order valence-corrected chi connectivity index (χ4v) is 6.92. The minimum Gasteiger partial charge on any atom is -0.502 e. The van der Waals surface area contributed by atoms with Crippen LogP contribution in [0.4, 0.5) is 4.79 Å². The number of aromatic hydroxyl groups is 1. The van der Waals surface area contributed by atoms with Gasteiger partial charge in [0.2, 0.25) is 12.5 Å². The number of nitrogens with one attached hydrogen (secondary N) is 4. The van der Waals surface area contributed by atoms with E-state index in [9.17, 15) is 15.0 Å². The predicted molar refractivity (Wildman–Crippen MR) is 172 cm³/mol. The minimum absolute atomic E-state index is 0.0947. The van der Waals surface area contributed by atoms with Gasteiger partial charge >= 0.3 is 6.03 Å². The Labute approximate surface area is 270 Å². The Morgan fingerprint density at radius 1 is 1.02 bits per heavy atom. The van der Waals surface area contributed by atoms with Crippen molar-refractivity contribution in [2.75, 3.05) is 60.3 Å². The molecule has 0 radical (unpaired) electrons. The normalized spacial score (nSPS) is 23.4. The first kappa shape index (κ1) is 33.9. The number of ether oxygens (including phenoxy) is 5. The first-order chi connectivity index (χ1) is 22.4. The van der Waals surface area contributed by atoms with Crippen molar-refractivity contribution in [1.82, 2.24) is 21.3 Å². The second-order valence-corrected chi connectivity index (χ2v) is 12.0. The molecule has 254 valence electrons. The Kier molecular flexibility index (Phi) is 11.7. The lowest BCUT2D eigenvalue weighted by Gasteiger charge is -2.41. The van der Waals surface area contributed by atoms with Gasteiger partial charge in [0.25, 0.3) is 0 Å². The summed E-state index contributed by atoms with van der Waals surface area (Å²) in [6, 6.07) is 6.91. The Morgan fingerprint density at radius 3 is 2.39 bits per heavy atom. The predicted octanol–water partition coefficient (Wildman–Crippen LogP) is 2.29. The zero-order valence-electron chi connectivity index (χ0n) is 27.0. The van der Waals surface area contributed by atoms with Gasteiger partial charge in [-0.15, -0.1) is 0 Å². The molecule has 2 unspecified atom stereocenters. The molecule has 6 atom stereocenters. The van der Waals surface area contributed by atoms with Gasteiger partial charge in [0, 0.05) is 36.9 Å². The Bertz CT molecular complexity index is 1300. The Balaban J connectivity index is 1.31. The van der Waals surface area contributed by atoms with E-state index in [-0.39, 0.29) is 48.5 Å². The van der Waals surface area contributed by atoms with Crippen molar-refractivity contribution in [3.8, 4) is 28.7 Å². The standard InChI is InChI=1S/C33H49N5O8/c1-4-20(7-5-9-35-10-6-8-34)36-11-12-37-33(41)38-30-22-16-25-24(45-18-46-25)15-21(22)28(29-23(30)17-44-32(29)40)19-13-26(42-2)31(39)27(14-19)43-3/h13-16,20,23,28-30,32,35-36,39-40H,4-12,17-18,34H2,1-3H3,(H2,37,38,41)/t20?,23-,28+,29-,30+,32?/m0/s1. The number of urea groups is 1. The summed E-state index contributed by atoms with van der Waals surface area (Å²) in [5.41, 5.74) is 8.00. The molecule has 1 fully saturated rings. The third-order valence-electron chi connectivity index (χ3n) is 9.29. The number of methoxy groups -OCH3 is 2. The van der Waals surface area contributed by atoms with E-state index in [0.29, 0.717) is 37.2 Å². The van der Waals surface area contributed by atoms with Crippen LogP contribution in [0.15, 0.2) is 24.3 Å². The second kappa shape index (κ2) is 15.9. The van der Waals surface area contributed by atoms with Crippen molar-refractivity contribution in [3.05, 3.63) is 41.0 Å². The fourth-order valence-electron chi connectivity index (χ4n) is 6.92. The van der Waals surface area contributed by atoms with Crippen LogP contribution in [0.2, 0.25) is 0 Å². The van der Waals surface area contributed by atoms with Gasteiger partial charge in [-0.05, 0) is 86.3 Å². The van der Waals surface area contributed by atoms with Crippen molar-refractivity contribution in [1.29, 1.82) is 0 Å². The maximum atomic E-state index is 13.3. The maximum Gasteiger partial charge on any atom is 0.315 e. The van der Waals surface area contributed by atoms with Gasteiger partial charge in [-0.1, -0.05) is 6.92 Å². The van der Waals surface area contributed by atoms with E-state index in [2.05, 4.69) is 28.2 Å². The number of hydrogen-bond donors (Lipinski definition) is 7. The van der Waals surface area contributed by atoms with Gasteiger partial charge in [-0.25, -0.2) is 4.79 Å². The van der Waals surface area contributed by atoms with E-state index in [4.69, 9.17) is 29.4 Å². The number of rotatable bonds is 16. The van der Waals surface area contributed by atoms with Gasteiger partial charge in [0.05, 0.1) is 26.9 Å². The third kappa shape index (κ3) is 7.39. The number of phenols is 1. The molecule has 2 aliphatic heterocycles. The molecule has 2 aromatic carbocycles. The summed E-state index contributed by atoms with van der Waals surface area (Å²) >= 11 is 0. The molecule has 0 spiro atoms. The van der Waals surface area contributed by atoms with Gasteiger partial charge in [-0.3, -0.25) is 0 Å². The van der Waals surface area contributed by atoms with Crippen LogP contribution < -0.4 is 45.9 Å². The van der Waals surface area contributed by atoms with Crippen molar-refractivity contribution in [3.63, 3.8) is 0 Å². The minimum atomic E-state index is -1.09. The van der Waals surface area contributed by atoms with Gasteiger partial charge in [-0.2, -0.15) is 0 Å². The monoisotopic (exact) mass is 643 g/mol. The molecule has 2 heterocycles. The van der Waals surface area contributed by atoms with Crippen LogP contribution in [-0.4, -0.2) is 88.9 Å². The molecular weight excluding hydrogens is 594 g/mol. The number of aliphatic hydroxyl groups is 1. The number of nitrogens with two attached hydrogens (primary N) is 1. The molecule has 8 N–H and O–H groups in total. The van der Waals surface area contributed by atoms with E-state index in [1.807, 2.05) is 12.1 Å². The van der Waals surface area contributed by atoms with Crippen molar-refractivity contribution >= 4 is 6.03 Å². The van der Waals surface area contributed by atoms with Gasteiger partial charge < -0.3 is 60.9 Å². The van der Waals surface area contributed by atoms with E-state index in [0.717, 1.165) is 55.5 Å². The molecule has 1 saturated heterocycles. The number of carbonyl (C=O) groups excluding carboxylic acids is 1. The van der Waals surface area contributed by atoms with Crippen molar-refractivity contribution < 1.29 is 38.7 Å². The van der Waals surface area contributed by atoms with E-state index in [1.165, 1.54) is 14.2 Å². The summed E-state index contributed by atoms with van der Waals surface area (Å²) in [6.45, 7) is 6.23. The van der Waals surface area contributed by atoms with Crippen molar-refractivity contribution in [2.24, 2.45) is 17.6 Å². The highest BCUT2D eigenvalue weighted by Gasteiger charge is 2.52. The molecule has 2 amide bonds. The van der Waals surface area contributed by atoms with Gasteiger partial charge in [0.15, 0.2) is 29.3 Å². The summed E-state index contributed by atoms with van der Waals surface area (Å²) in [6.07, 6.45) is 3.04. The molecule has 13 heteroatoms. The van der Waals surface area contributed by atoms with Crippen LogP contribution >= 0.6 is 0 Å². The maximum absolute atomic E-state index is 13.3. The first-order valence-electron chi connectivity index (χ1n) is 16.3. The molecule has 0 aromatic heterocycles. The number of hydrogen-bond acceptors (Lipinski definition) is 11. The number of carbonyl (C=O) groups is 1. The number of aliphatic hydroxyl groups excluding tert-OH is 1. The zero-order chi connectivity index (χ0) is 32.6. The van der Waals surface area contributed by atoms with E-state index < -0.39 is 18.2 Å². The topological polar surface area (TPSA) is 178 Å². The SMILES string of the molecule is CCC(CCCNCCCN)NCCNC(=O)N[C@@H]1c2cc3c(cc2[C@@H](c2cc(OC)c(O)c(OC)c2)[C@H]2C(O)OC[C@@H]21)OCO3. The highest BCUT2D eigenvalue weighted by atomic mass is 16.7. The van der Waals surface area contributed by atoms with E-state index >= 15 is 0 Å². The van der Waals surface area contributed by atoms with Crippen LogP contribution in [0.5, 0.6) is 28.7 Å². The smallest absolute Gasteiger partial charge is 0.315 e. The number of amides is 2. The Hall–Kier alpha value is -3.49. The highest BCUT2D eigenvalue weighted by Crippen LogP contribution is 2.56. The average molecular weight is 644 g/mol. The summed E-state index contributed by atoms with van der Waals surface area (Å²) < 4.78 is 28.2.